The summed E-state index contributed by atoms with van der Waals surface area (Å²) >= 11 is 0. The second-order valence-electron chi connectivity index (χ2n) is 2.16. The van der Waals surface area contributed by atoms with Crippen LogP contribution in [0.25, 0.3) is 0 Å². The van der Waals surface area contributed by atoms with Crippen LogP contribution in [-0.4, -0.2) is 18.5 Å². The van der Waals surface area contributed by atoms with E-state index in [2.05, 4.69) is 6.92 Å². The smallest absolute Gasteiger partial charge is 0.241 e. The van der Waals surface area contributed by atoms with Gasteiger partial charge in [0.25, 0.3) is 12.3 Å². The molecule has 0 aromatic carbocycles. The summed E-state index contributed by atoms with van der Waals surface area (Å²) in [6.07, 6.45) is -8.41. The lowest BCUT2D eigenvalue weighted by Gasteiger charge is -2.15. The van der Waals surface area contributed by atoms with Crippen LogP contribution in [0.15, 0.2) is 0 Å². The van der Waals surface area contributed by atoms with Crippen molar-refractivity contribution in [2.45, 2.75) is 31.4 Å². The van der Waals surface area contributed by atoms with Gasteiger partial charge in [-0.15, -0.1) is 0 Å². The first-order valence-corrected chi connectivity index (χ1v) is 2.98. The Balaban J connectivity index is 3.83. The highest BCUT2D eigenvalue weighted by Gasteiger charge is 2.34. The Kier molecular flexibility index (Phi) is 3.75. The maximum absolute atomic E-state index is 12.1. The molecule has 0 aromatic rings. The maximum atomic E-state index is 12.1. The van der Waals surface area contributed by atoms with E-state index in [0.29, 0.717) is 0 Å². The van der Waals surface area contributed by atoms with Crippen LogP contribution in [0.5, 0.6) is 0 Å². The van der Waals surface area contributed by atoms with Gasteiger partial charge in [0, 0.05) is 12.8 Å². The van der Waals surface area contributed by atoms with Crippen molar-refractivity contribution in [3.8, 4) is 0 Å². The van der Waals surface area contributed by atoms with Crippen molar-refractivity contribution in [2.24, 2.45) is 0 Å². The molecule has 0 spiro atoms. The second kappa shape index (κ2) is 3.88. The van der Waals surface area contributed by atoms with Crippen molar-refractivity contribution in [2.75, 3.05) is 0 Å². The van der Waals surface area contributed by atoms with Crippen LogP contribution in [-0.2, 0) is 0 Å². The fraction of sp³-hybridized carbons (Fsp3) is 0.833. The van der Waals surface area contributed by atoms with E-state index < -0.39 is 31.4 Å². The van der Waals surface area contributed by atoms with Gasteiger partial charge in [-0.3, -0.25) is 0 Å². The molecule has 0 fully saturated rings. The summed E-state index contributed by atoms with van der Waals surface area (Å²) in [4.78, 5) is 0. The van der Waals surface area contributed by atoms with Gasteiger partial charge in [0.15, 0.2) is 6.17 Å². The third-order valence-electron chi connectivity index (χ3n) is 1.13. The predicted octanol–water partition coefficient (Wildman–Crippen LogP) is 2.84. The molecule has 0 amide bonds. The van der Waals surface area contributed by atoms with Crippen LogP contribution < -0.4 is 0 Å². The zero-order valence-electron chi connectivity index (χ0n) is 5.67. The summed E-state index contributed by atoms with van der Waals surface area (Å²) in [5, 5.41) is 0. The highest BCUT2D eigenvalue weighted by molar-refractivity contribution is 4.73. The molecule has 11 heavy (non-hydrogen) atoms. The summed E-state index contributed by atoms with van der Waals surface area (Å²) in [5.41, 5.74) is 0. The molecule has 0 N–H and O–H groups in total. The van der Waals surface area contributed by atoms with Crippen LogP contribution in [0.2, 0.25) is 0 Å². The van der Waals surface area contributed by atoms with Crippen LogP contribution in [0.1, 0.15) is 12.8 Å². The highest BCUT2D eigenvalue weighted by atomic mass is 19.3. The molecule has 1 atom stereocenters. The average Bonchev–Trinajstić information content (AvgIpc) is 1.87. The summed E-state index contributed by atoms with van der Waals surface area (Å²) in [7, 11) is 0. The van der Waals surface area contributed by atoms with E-state index in [4.69, 9.17) is 0 Å². The molecule has 0 saturated carbocycles. The summed E-state index contributed by atoms with van der Waals surface area (Å²) in [6.45, 7) is 2.81. The quantitative estimate of drug-likeness (QED) is 0.576. The molecule has 0 aromatic heterocycles. The largest absolute Gasteiger partial charge is 0.269 e. The number of halogens is 5. The SMILES string of the molecule is [CH2]CC(F)(F)C[C@H](F)C(F)F. The summed E-state index contributed by atoms with van der Waals surface area (Å²) in [6, 6.07) is 0. The van der Waals surface area contributed by atoms with Crippen LogP contribution in [0.3, 0.4) is 0 Å². The van der Waals surface area contributed by atoms with E-state index >= 15 is 0 Å². The van der Waals surface area contributed by atoms with E-state index in [0.717, 1.165) is 0 Å². The van der Waals surface area contributed by atoms with Gasteiger partial charge in [-0.1, -0.05) is 0 Å². The van der Waals surface area contributed by atoms with Gasteiger partial charge in [0.1, 0.15) is 0 Å². The Bertz CT molecular complexity index is 112. The summed E-state index contributed by atoms with van der Waals surface area (Å²) in [5.74, 6) is -3.42. The zero-order valence-corrected chi connectivity index (χ0v) is 5.67. The Labute approximate surface area is 61.4 Å². The average molecular weight is 175 g/mol. The monoisotopic (exact) mass is 175 g/mol. The molecule has 67 valence electrons. The third-order valence-corrected chi connectivity index (χ3v) is 1.13. The van der Waals surface area contributed by atoms with E-state index in [1.54, 1.807) is 0 Å². The lowest BCUT2D eigenvalue weighted by atomic mass is 10.1. The minimum absolute atomic E-state index is 0.861. The molecule has 5 heteroatoms. The molecule has 0 unspecified atom stereocenters. The van der Waals surface area contributed by atoms with Gasteiger partial charge in [-0.25, -0.2) is 22.0 Å². The number of hydrogen-bond donors (Lipinski definition) is 0. The fourth-order valence-corrected chi connectivity index (χ4v) is 0.476. The first-order chi connectivity index (χ1) is 4.89. The first-order valence-electron chi connectivity index (χ1n) is 2.98. The molecule has 0 heterocycles. The topological polar surface area (TPSA) is 0 Å². The number of alkyl halides is 5. The second-order valence-corrected chi connectivity index (χ2v) is 2.16. The van der Waals surface area contributed by atoms with Crippen molar-refractivity contribution < 1.29 is 22.0 Å². The van der Waals surface area contributed by atoms with E-state index in [1.165, 1.54) is 0 Å². The van der Waals surface area contributed by atoms with Crippen molar-refractivity contribution in [1.29, 1.82) is 0 Å². The lowest BCUT2D eigenvalue weighted by Crippen LogP contribution is -2.25. The molecular weight excluding hydrogens is 167 g/mol. The van der Waals surface area contributed by atoms with Crippen LogP contribution >= 0.6 is 0 Å². The van der Waals surface area contributed by atoms with E-state index in [1.807, 2.05) is 0 Å². The molecular formula is C6H8F5. The van der Waals surface area contributed by atoms with Gasteiger partial charge in [-0.05, 0) is 6.92 Å². The Morgan fingerprint density at radius 1 is 1.18 bits per heavy atom. The van der Waals surface area contributed by atoms with Crippen molar-refractivity contribution in [3.05, 3.63) is 6.92 Å². The number of hydrogen-bond acceptors (Lipinski definition) is 0. The third kappa shape index (κ3) is 4.16. The standard InChI is InChI=1S/C6H8F5/c1-2-6(10,11)3-4(7)5(8)9/h4-5H,1-3H2/t4-/m0/s1. The predicted molar refractivity (Wildman–Crippen MR) is 30.4 cm³/mol. The first kappa shape index (κ1) is 10.7. The van der Waals surface area contributed by atoms with Gasteiger partial charge >= 0.3 is 0 Å². The Morgan fingerprint density at radius 3 is 1.91 bits per heavy atom. The zero-order chi connectivity index (χ0) is 9.07. The minimum atomic E-state index is -3.42. The lowest BCUT2D eigenvalue weighted by molar-refractivity contribution is -0.0588. The van der Waals surface area contributed by atoms with Gasteiger partial charge in [-0.2, -0.15) is 0 Å². The molecule has 0 rings (SSSR count). The Morgan fingerprint density at radius 2 is 1.64 bits per heavy atom. The molecule has 1 radical (unpaired) electrons. The van der Waals surface area contributed by atoms with E-state index in [-0.39, 0.29) is 0 Å². The molecule has 0 saturated heterocycles. The minimum Gasteiger partial charge on any atom is -0.241 e. The van der Waals surface area contributed by atoms with E-state index in [9.17, 15) is 22.0 Å². The molecule has 0 nitrogen and oxygen atoms in total. The molecule has 0 aliphatic carbocycles. The fourth-order valence-electron chi connectivity index (χ4n) is 0.476. The van der Waals surface area contributed by atoms with Crippen molar-refractivity contribution in [1.82, 2.24) is 0 Å². The molecule has 0 aliphatic rings. The maximum Gasteiger partial charge on any atom is 0.269 e. The molecule has 0 bridgehead atoms. The summed E-state index contributed by atoms with van der Waals surface area (Å²) < 4.78 is 58.9. The van der Waals surface area contributed by atoms with Gasteiger partial charge < -0.3 is 0 Å². The Hall–Kier alpha value is -0.350. The highest BCUT2D eigenvalue weighted by Crippen LogP contribution is 2.27. The van der Waals surface area contributed by atoms with Crippen LogP contribution in [0, 0.1) is 6.92 Å². The van der Waals surface area contributed by atoms with Gasteiger partial charge in [0.05, 0.1) is 0 Å². The normalized spacial score (nSPS) is 15.5. The van der Waals surface area contributed by atoms with Crippen LogP contribution in [0.4, 0.5) is 22.0 Å². The molecule has 0 aliphatic heterocycles. The van der Waals surface area contributed by atoms with Gasteiger partial charge in [0.2, 0.25) is 0 Å². The van der Waals surface area contributed by atoms with Crippen molar-refractivity contribution in [3.63, 3.8) is 0 Å². The van der Waals surface area contributed by atoms with Crippen molar-refractivity contribution >= 4 is 0 Å². The number of rotatable bonds is 4.